The molecule has 1 aromatic heterocycles. The summed E-state index contributed by atoms with van der Waals surface area (Å²) in [5.74, 6) is 0.538. The van der Waals surface area contributed by atoms with Crippen molar-refractivity contribution in [1.82, 2.24) is 14.7 Å². The zero-order valence-electron chi connectivity index (χ0n) is 13.4. The minimum atomic E-state index is -0.101. The highest BCUT2D eigenvalue weighted by atomic mass is 35.5. The SMILES string of the molecule is O=C(CN1CCC[C@H]1CO)Nc1ccnn1Cc1ccccc1Cl. The van der Waals surface area contributed by atoms with Crippen molar-refractivity contribution >= 4 is 23.3 Å². The number of nitrogens with one attached hydrogen (secondary N) is 1. The van der Waals surface area contributed by atoms with Crippen molar-refractivity contribution < 1.29 is 9.90 Å². The van der Waals surface area contributed by atoms with Crippen LogP contribution in [-0.4, -0.2) is 51.4 Å². The maximum Gasteiger partial charge on any atom is 0.239 e. The summed E-state index contributed by atoms with van der Waals surface area (Å²) in [6.07, 6.45) is 3.61. The van der Waals surface area contributed by atoms with Crippen LogP contribution in [0.25, 0.3) is 0 Å². The van der Waals surface area contributed by atoms with Crippen LogP contribution < -0.4 is 5.32 Å². The number of aromatic nitrogens is 2. The van der Waals surface area contributed by atoms with Gasteiger partial charge in [0.2, 0.25) is 5.91 Å². The van der Waals surface area contributed by atoms with E-state index in [-0.39, 0.29) is 25.1 Å². The number of anilines is 1. The lowest BCUT2D eigenvalue weighted by Gasteiger charge is -2.21. The number of hydrogen-bond donors (Lipinski definition) is 2. The number of halogens is 1. The zero-order chi connectivity index (χ0) is 16.9. The van der Waals surface area contributed by atoms with Gasteiger partial charge in [-0.1, -0.05) is 29.8 Å². The molecule has 1 saturated heterocycles. The molecular weight excluding hydrogens is 328 g/mol. The molecule has 1 aromatic carbocycles. The van der Waals surface area contributed by atoms with Crippen LogP contribution in [0.2, 0.25) is 5.02 Å². The Morgan fingerprint density at radius 1 is 1.38 bits per heavy atom. The van der Waals surface area contributed by atoms with Gasteiger partial charge in [-0.2, -0.15) is 5.10 Å². The normalized spacial score (nSPS) is 18.0. The summed E-state index contributed by atoms with van der Waals surface area (Å²) >= 11 is 6.19. The summed E-state index contributed by atoms with van der Waals surface area (Å²) in [4.78, 5) is 14.3. The molecule has 6 nitrogen and oxygen atoms in total. The summed E-state index contributed by atoms with van der Waals surface area (Å²) in [7, 11) is 0. The molecule has 0 spiro atoms. The lowest BCUT2D eigenvalue weighted by atomic mass is 10.2. The van der Waals surface area contributed by atoms with E-state index in [0.717, 1.165) is 24.9 Å². The second kappa shape index (κ2) is 7.79. The summed E-state index contributed by atoms with van der Waals surface area (Å²) in [5, 5.41) is 17.2. The van der Waals surface area contributed by atoms with Gasteiger partial charge in [0.25, 0.3) is 0 Å². The summed E-state index contributed by atoms with van der Waals surface area (Å²) < 4.78 is 1.71. The van der Waals surface area contributed by atoms with E-state index in [4.69, 9.17) is 11.6 Å². The van der Waals surface area contributed by atoms with Gasteiger partial charge in [-0.25, -0.2) is 4.68 Å². The van der Waals surface area contributed by atoms with Gasteiger partial charge in [-0.3, -0.25) is 9.69 Å². The van der Waals surface area contributed by atoms with E-state index in [9.17, 15) is 9.90 Å². The van der Waals surface area contributed by atoms with E-state index < -0.39 is 0 Å². The van der Waals surface area contributed by atoms with Crippen molar-refractivity contribution in [3.8, 4) is 0 Å². The average Bonchev–Trinajstić information content (AvgIpc) is 3.19. The van der Waals surface area contributed by atoms with E-state index in [1.807, 2.05) is 29.2 Å². The van der Waals surface area contributed by atoms with Gasteiger partial charge in [0, 0.05) is 17.1 Å². The number of aliphatic hydroxyl groups is 1. The number of carbonyl (C=O) groups excluding carboxylic acids is 1. The quantitative estimate of drug-likeness (QED) is 0.837. The van der Waals surface area contributed by atoms with E-state index in [0.29, 0.717) is 17.4 Å². The molecular formula is C17H21ClN4O2. The van der Waals surface area contributed by atoms with Crippen LogP contribution >= 0.6 is 11.6 Å². The first-order valence-corrected chi connectivity index (χ1v) is 8.45. The van der Waals surface area contributed by atoms with Gasteiger partial charge >= 0.3 is 0 Å². The average molecular weight is 349 g/mol. The third-order valence-corrected chi connectivity index (χ3v) is 4.69. The number of aliphatic hydroxyl groups excluding tert-OH is 1. The Hall–Kier alpha value is -1.89. The van der Waals surface area contributed by atoms with Crippen molar-refractivity contribution in [2.45, 2.75) is 25.4 Å². The molecule has 2 N–H and O–H groups in total. The van der Waals surface area contributed by atoms with Crippen LogP contribution in [0, 0.1) is 0 Å². The van der Waals surface area contributed by atoms with Crippen LogP contribution in [0.5, 0.6) is 0 Å². The predicted molar refractivity (Wildman–Crippen MR) is 93.1 cm³/mol. The molecule has 7 heteroatoms. The van der Waals surface area contributed by atoms with Gasteiger partial charge in [-0.05, 0) is 31.0 Å². The predicted octanol–water partition coefficient (Wildman–Crippen LogP) is 1.98. The lowest BCUT2D eigenvalue weighted by molar-refractivity contribution is -0.117. The third-order valence-electron chi connectivity index (χ3n) is 4.32. The molecule has 0 radical (unpaired) electrons. The van der Waals surface area contributed by atoms with Crippen molar-refractivity contribution in [1.29, 1.82) is 0 Å². The van der Waals surface area contributed by atoms with Crippen molar-refractivity contribution in [2.24, 2.45) is 0 Å². The molecule has 0 aliphatic carbocycles. The maximum atomic E-state index is 12.3. The largest absolute Gasteiger partial charge is 0.395 e. The molecule has 3 rings (SSSR count). The fourth-order valence-electron chi connectivity index (χ4n) is 3.03. The molecule has 1 fully saturated rings. The number of rotatable bonds is 6. The van der Waals surface area contributed by atoms with E-state index in [2.05, 4.69) is 10.4 Å². The van der Waals surface area contributed by atoms with Crippen LogP contribution in [0.1, 0.15) is 18.4 Å². The van der Waals surface area contributed by atoms with Gasteiger partial charge in [0.05, 0.1) is 25.9 Å². The molecule has 1 amide bonds. The monoisotopic (exact) mass is 348 g/mol. The molecule has 1 aliphatic rings. The van der Waals surface area contributed by atoms with Crippen molar-refractivity contribution in [3.05, 3.63) is 47.1 Å². The number of benzene rings is 1. The minimum Gasteiger partial charge on any atom is -0.395 e. The molecule has 1 aliphatic heterocycles. The Labute approximate surface area is 146 Å². The Balaban J connectivity index is 1.63. The number of nitrogens with zero attached hydrogens (tertiary/aromatic N) is 3. The van der Waals surface area contributed by atoms with E-state index in [1.54, 1.807) is 16.9 Å². The first-order valence-electron chi connectivity index (χ1n) is 8.07. The summed E-state index contributed by atoms with van der Waals surface area (Å²) in [5.41, 5.74) is 0.943. The Morgan fingerprint density at radius 2 is 2.21 bits per heavy atom. The molecule has 2 aromatic rings. The second-order valence-corrected chi connectivity index (χ2v) is 6.37. The van der Waals surface area contributed by atoms with Gasteiger partial charge in [0.15, 0.2) is 0 Å². The van der Waals surface area contributed by atoms with Crippen LogP contribution in [0.4, 0.5) is 5.82 Å². The Morgan fingerprint density at radius 3 is 3.00 bits per heavy atom. The first-order chi connectivity index (χ1) is 11.7. The summed E-state index contributed by atoms with van der Waals surface area (Å²) in [6, 6.07) is 9.43. The highest BCUT2D eigenvalue weighted by Gasteiger charge is 2.25. The number of carbonyl (C=O) groups is 1. The highest BCUT2D eigenvalue weighted by Crippen LogP contribution is 2.19. The molecule has 0 saturated carbocycles. The molecule has 128 valence electrons. The van der Waals surface area contributed by atoms with E-state index in [1.165, 1.54) is 0 Å². The zero-order valence-corrected chi connectivity index (χ0v) is 14.1. The van der Waals surface area contributed by atoms with Crippen molar-refractivity contribution in [2.75, 3.05) is 25.0 Å². The van der Waals surface area contributed by atoms with E-state index >= 15 is 0 Å². The number of amides is 1. The lowest BCUT2D eigenvalue weighted by Crippen LogP contribution is -2.38. The van der Waals surface area contributed by atoms with Crippen LogP contribution in [0.3, 0.4) is 0 Å². The van der Waals surface area contributed by atoms with Crippen LogP contribution in [-0.2, 0) is 11.3 Å². The highest BCUT2D eigenvalue weighted by molar-refractivity contribution is 6.31. The van der Waals surface area contributed by atoms with Crippen LogP contribution in [0.15, 0.2) is 36.5 Å². The second-order valence-electron chi connectivity index (χ2n) is 5.96. The Bertz CT molecular complexity index is 703. The standard InChI is InChI=1S/C17H21ClN4O2/c18-15-6-2-1-4-13(15)10-22-16(7-8-19-22)20-17(24)11-21-9-3-5-14(21)12-23/h1-2,4,6-8,14,23H,3,5,9-12H2,(H,20,24)/t14-/m0/s1. The molecule has 0 bridgehead atoms. The molecule has 0 unspecified atom stereocenters. The molecule has 2 heterocycles. The fourth-order valence-corrected chi connectivity index (χ4v) is 3.23. The molecule has 1 atom stereocenters. The first kappa shape index (κ1) is 17.0. The number of likely N-dealkylation sites (tertiary alicyclic amines) is 1. The van der Waals surface area contributed by atoms with Gasteiger partial charge in [0.1, 0.15) is 5.82 Å². The van der Waals surface area contributed by atoms with Crippen molar-refractivity contribution in [3.63, 3.8) is 0 Å². The fraction of sp³-hybridized carbons (Fsp3) is 0.412. The smallest absolute Gasteiger partial charge is 0.239 e. The topological polar surface area (TPSA) is 70.4 Å². The van der Waals surface area contributed by atoms with Gasteiger partial charge in [-0.15, -0.1) is 0 Å². The minimum absolute atomic E-state index is 0.0868. The molecule has 24 heavy (non-hydrogen) atoms. The van der Waals surface area contributed by atoms with Gasteiger partial charge < -0.3 is 10.4 Å². The third kappa shape index (κ3) is 3.95. The Kier molecular flexibility index (Phi) is 5.50. The summed E-state index contributed by atoms with van der Waals surface area (Å²) in [6.45, 7) is 1.71. The number of hydrogen-bond acceptors (Lipinski definition) is 4. The maximum absolute atomic E-state index is 12.3.